The Labute approximate surface area is 128 Å². The lowest BCUT2D eigenvalue weighted by atomic mass is 9.87. The average Bonchev–Trinajstić information content (AvgIpc) is 2.53. The summed E-state index contributed by atoms with van der Waals surface area (Å²) in [6, 6.07) is 9.94. The summed E-state index contributed by atoms with van der Waals surface area (Å²) >= 11 is 0. The van der Waals surface area contributed by atoms with Crippen molar-refractivity contribution in [3.63, 3.8) is 0 Å². The molecule has 21 heavy (non-hydrogen) atoms. The van der Waals surface area contributed by atoms with Crippen molar-refractivity contribution in [1.29, 1.82) is 0 Å². The molecule has 0 aromatic heterocycles. The Morgan fingerprint density at radius 2 is 1.86 bits per heavy atom. The van der Waals surface area contributed by atoms with E-state index in [0.717, 1.165) is 18.9 Å². The minimum absolute atomic E-state index is 0.199. The third-order valence-corrected chi connectivity index (χ3v) is 4.62. The van der Waals surface area contributed by atoms with Gasteiger partial charge in [0.2, 0.25) is 0 Å². The lowest BCUT2D eigenvalue weighted by Gasteiger charge is -2.23. The Hall–Kier alpha value is -0.900. The van der Waals surface area contributed by atoms with Gasteiger partial charge in [0.05, 0.1) is 6.10 Å². The second-order valence-corrected chi connectivity index (χ2v) is 6.42. The first-order valence-electron chi connectivity index (χ1n) is 8.44. The van der Waals surface area contributed by atoms with Crippen LogP contribution in [0, 0.1) is 5.92 Å². The normalized spacial score (nSPS) is 19.3. The quantitative estimate of drug-likeness (QED) is 0.645. The predicted octanol–water partition coefficient (Wildman–Crippen LogP) is 2.48. The van der Waals surface area contributed by atoms with Gasteiger partial charge in [-0.1, -0.05) is 62.4 Å². The molecule has 1 aliphatic rings. The van der Waals surface area contributed by atoms with E-state index in [9.17, 15) is 5.11 Å². The standard InChI is InChI=1S/C18H30N2O/c19-17(13-16-9-5-2-6-10-16)18(21)14-20-12-11-15-7-3-1-4-8-15/h2,5-6,9-10,15,17-18,20-21H,1,3-4,7-8,11-14,19H2/t17-,18+/m0/s1. The van der Waals surface area contributed by atoms with Crippen molar-refractivity contribution in [2.75, 3.05) is 13.1 Å². The van der Waals surface area contributed by atoms with Gasteiger partial charge in [-0.25, -0.2) is 0 Å². The molecule has 1 saturated carbocycles. The molecule has 0 unspecified atom stereocenters. The molecule has 1 fully saturated rings. The maximum absolute atomic E-state index is 10.1. The Balaban J connectivity index is 1.59. The van der Waals surface area contributed by atoms with Crippen LogP contribution in [0.25, 0.3) is 0 Å². The molecule has 1 aromatic rings. The fourth-order valence-corrected chi connectivity index (χ4v) is 3.21. The van der Waals surface area contributed by atoms with Gasteiger partial charge in [0.1, 0.15) is 0 Å². The van der Waals surface area contributed by atoms with E-state index in [1.165, 1.54) is 44.1 Å². The average molecular weight is 290 g/mol. The van der Waals surface area contributed by atoms with Crippen LogP contribution in [0.2, 0.25) is 0 Å². The zero-order chi connectivity index (χ0) is 14.9. The summed E-state index contributed by atoms with van der Waals surface area (Å²) in [7, 11) is 0. The van der Waals surface area contributed by atoms with Gasteiger partial charge in [-0.05, 0) is 30.9 Å². The van der Waals surface area contributed by atoms with E-state index in [2.05, 4.69) is 17.4 Å². The zero-order valence-corrected chi connectivity index (χ0v) is 13.0. The van der Waals surface area contributed by atoms with Crippen molar-refractivity contribution < 1.29 is 5.11 Å². The van der Waals surface area contributed by atoms with Crippen molar-refractivity contribution in [2.24, 2.45) is 11.7 Å². The summed E-state index contributed by atoms with van der Waals surface area (Å²) in [5.74, 6) is 0.890. The molecule has 0 aliphatic heterocycles. The summed E-state index contributed by atoms with van der Waals surface area (Å²) in [6.45, 7) is 1.60. The lowest BCUT2D eigenvalue weighted by Crippen LogP contribution is -2.43. The second-order valence-electron chi connectivity index (χ2n) is 6.42. The molecule has 2 rings (SSSR count). The largest absolute Gasteiger partial charge is 0.390 e. The topological polar surface area (TPSA) is 58.3 Å². The SMILES string of the molecule is N[C@@H](Cc1ccccc1)[C@H](O)CNCCC1CCCCC1. The fraction of sp³-hybridized carbons (Fsp3) is 0.667. The number of benzene rings is 1. The molecule has 0 amide bonds. The van der Waals surface area contributed by atoms with Crippen molar-refractivity contribution in [3.8, 4) is 0 Å². The first-order valence-corrected chi connectivity index (χ1v) is 8.44. The van der Waals surface area contributed by atoms with E-state index in [0.29, 0.717) is 6.54 Å². The molecule has 118 valence electrons. The Morgan fingerprint density at radius 3 is 2.57 bits per heavy atom. The molecule has 0 spiro atoms. The molecule has 0 bridgehead atoms. The Bertz CT molecular complexity index is 376. The highest BCUT2D eigenvalue weighted by Crippen LogP contribution is 2.25. The van der Waals surface area contributed by atoms with Gasteiger partial charge in [-0.15, -0.1) is 0 Å². The van der Waals surface area contributed by atoms with E-state index in [-0.39, 0.29) is 6.04 Å². The van der Waals surface area contributed by atoms with Gasteiger partial charge in [0.25, 0.3) is 0 Å². The molecular weight excluding hydrogens is 260 g/mol. The predicted molar refractivity (Wildman–Crippen MR) is 88.2 cm³/mol. The molecule has 3 nitrogen and oxygen atoms in total. The molecule has 1 aromatic carbocycles. The van der Waals surface area contributed by atoms with Gasteiger partial charge < -0.3 is 16.2 Å². The van der Waals surface area contributed by atoms with Crippen LogP contribution < -0.4 is 11.1 Å². The van der Waals surface area contributed by atoms with Crippen molar-refractivity contribution in [3.05, 3.63) is 35.9 Å². The van der Waals surface area contributed by atoms with E-state index < -0.39 is 6.10 Å². The van der Waals surface area contributed by atoms with Crippen molar-refractivity contribution in [2.45, 2.75) is 57.1 Å². The first kappa shape index (κ1) is 16.5. The van der Waals surface area contributed by atoms with Crippen LogP contribution in [-0.4, -0.2) is 30.3 Å². The third-order valence-electron chi connectivity index (χ3n) is 4.62. The molecular formula is C18H30N2O. The molecule has 0 saturated heterocycles. The smallest absolute Gasteiger partial charge is 0.0818 e. The van der Waals surface area contributed by atoms with Crippen molar-refractivity contribution >= 4 is 0 Å². The van der Waals surface area contributed by atoms with Crippen molar-refractivity contribution in [1.82, 2.24) is 5.32 Å². The maximum Gasteiger partial charge on any atom is 0.0818 e. The van der Waals surface area contributed by atoms with E-state index >= 15 is 0 Å². The molecule has 0 heterocycles. The van der Waals surface area contributed by atoms with Gasteiger partial charge in [0.15, 0.2) is 0 Å². The van der Waals surface area contributed by atoms with Gasteiger partial charge >= 0.3 is 0 Å². The summed E-state index contributed by atoms with van der Waals surface area (Å²) in [5, 5.41) is 13.5. The lowest BCUT2D eigenvalue weighted by molar-refractivity contribution is 0.141. The number of rotatable bonds is 8. The van der Waals surface area contributed by atoms with Gasteiger partial charge in [0, 0.05) is 12.6 Å². The number of hydrogen-bond acceptors (Lipinski definition) is 3. The molecule has 4 N–H and O–H groups in total. The van der Waals surface area contributed by atoms with Crippen LogP contribution in [0.3, 0.4) is 0 Å². The van der Waals surface area contributed by atoms with E-state index in [4.69, 9.17) is 5.73 Å². The minimum atomic E-state index is -0.475. The zero-order valence-electron chi connectivity index (χ0n) is 13.0. The number of aliphatic hydroxyl groups is 1. The summed E-state index contributed by atoms with van der Waals surface area (Å²) in [4.78, 5) is 0. The number of hydrogen-bond donors (Lipinski definition) is 3. The molecule has 1 aliphatic carbocycles. The van der Waals surface area contributed by atoms with Crippen LogP contribution in [0.5, 0.6) is 0 Å². The van der Waals surface area contributed by atoms with E-state index in [1.54, 1.807) is 0 Å². The van der Waals surface area contributed by atoms with Crippen LogP contribution >= 0.6 is 0 Å². The summed E-state index contributed by atoms with van der Waals surface area (Å²) < 4.78 is 0. The summed E-state index contributed by atoms with van der Waals surface area (Å²) in [6.07, 6.45) is 8.47. The first-order chi connectivity index (χ1) is 10.3. The van der Waals surface area contributed by atoms with Crippen LogP contribution in [-0.2, 0) is 6.42 Å². The minimum Gasteiger partial charge on any atom is -0.390 e. The highest BCUT2D eigenvalue weighted by Gasteiger charge is 2.16. The number of aliphatic hydroxyl groups excluding tert-OH is 1. The monoisotopic (exact) mass is 290 g/mol. The molecule has 3 heteroatoms. The highest BCUT2D eigenvalue weighted by molar-refractivity contribution is 5.16. The number of nitrogens with two attached hydrogens (primary N) is 1. The van der Waals surface area contributed by atoms with Gasteiger partial charge in [-0.2, -0.15) is 0 Å². The molecule has 2 atom stereocenters. The van der Waals surface area contributed by atoms with Crippen LogP contribution in [0.1, 0.15) is 44.1 Å². The Kier molecular flexibility index (Phi) is 7.20. The van der Waals surface area contributed by atoms with Crippen LogP contribution in [0.4, 0.5) is 0 Å². The number of nitrogens with one attached hydrogen (secondary N) is 1. The van der Waals surface area contributed by atoms with Crippen LogP contribution in [0.15, 0.2) is 30.3 Å². The highest BCUT2D eigenvalue weighted by atomic mass is 16.3. The maximum atomic E-state index is 10.1. The fourth-order valence-electron chi connectivity index (χ4n) is 3.21. The van der Waals surface area contributed by atoms with Gasteiger partial charge in [-0.3, -0.25) is 0 Å². The van der Waals surface area contributed by atoms with E-state index in [1.807, 2.05) is 18.2 Å². The third kappa shape index (κ3) is 6.16. The molecule has 0 radical (unpaired) electrons. The Morgan fingerprint density at radius 1 is 1.14 bits per heavy atom. The summed E-state index contributed by atoms with van der Waals surface area (Å²) in [5.41, 5.74) is 7.27. The second kappa shape index (κ2) is 9.19.